The summed E-state index contributed by atoms with van der Waals surface area (Å²) in [6, 6.07) is 12.7. The van der Waals surface area contributed by atoms with E-state index in [0.717, 1.165) is 11.3 Å². The number of anilines is 3. The molecule has 1 amide bonds. The van der Waals surface area contributed by atoms with Crippen molar-refractivity contribution in [3.8, 4) is 0 Å². The average molecular weight is 339 g/mol. The Hall–Kier alpha value is -2.92. The molecule has 0 aliphatic rings. The summed E-state index contributed by atoms with van der Waals surface area (Å²) in [4.78, 5) is 20.3. The molecule has 0 aliphatic heterocycles. The zero-order valence-electron chi connectivity index (χ0n) is 13.0. The zero-order chi connectivity index (χ0) is 16.9. The molecule has 3 aromatic rings. The lowest BCUT2D eigenvalue weighted by molar-refractivity contribution is 0.102. The first-order chi connectivity index (χ1) is 11.6. The van der Waals surface area contributed by atoms with E-state index in [1.54, 1.807) is 36.7 Å². The summed E-state index contributed by atoms with van der Waals surface area (Å²) in [7, 11) is 0. The fourth-order valence-electron chi connectivity index (χ4n) is 2.06. The van der Waals surface area contributed by atoms with Gasteiger partial charge in [-0.05, 0) is 48.9 Å². The number of aromatic nitrogens is 2. The SMILES string of the molecule is Cc1ccc(Nc2ccc(NC(=O)c3cccnc3)cn2)cc1Cl. The molecule has 0 atom stereocenters. The minimum atomic E-state index is -0.226. The van der Waals surface area contributed by atoms with E-state index in [1.165, 1.54) is 6.20 Å². The highest BCUT2D eigenvalue weighted by Gasteiger charge is 2.06. The number of nitrogens with one attached hydrogen (secondary N) is 2. The van der Waals surface area contributed by atoms with Crippen LogP contribution in [-0.4, -0.2) is 15.9 Å². The van der Waals surface area contributed by atoms with E-state index in [1.807, 2.05) is 25.1 Å². The Morgan fingerprint density at radius 3 is 2.58 bits per heavy atom. The fourth-order valence-corrected chi connectivity index (χ4v) is 2.24. The minimum Gasteiger partial charge on any atom is -0.340 e. The lowest BCUT2D eigenvalue weighted by Crippen LogP contribution is -2.12. The number of benzene rings is 1. The second kappa shape index (κ2) is 7.10. The summed E-state index contributed by atoms with van der Waals surface area (Å²) in [6.45, 7) is 1.95. The predicted octanol–water partition coefficient (Wildman–Crippen LogP) is 4.43. The first-order valence-electron chi connectivity index (χ1n) is 7.32. The Labute approximate surface area is 144 Å². The molecule has 0 bridgehead atoms. The van der Waals surface area contributed by atoms with Crippen molar-refractivity contribution in [1.82, 2.24) is 9.97 Å². The van der Waals surface area contributed by atoms with Gasteiger partial charge in [-0.1, -0.05) is 17.7 Å². The molecule has 2 aromatic heterocycles. The number of hydrogen-bond acceptors (Lipinski definition) is 4. The summed E-state index contributed by atoms with van der Waals surface area (Å²) in [6.07, 6.45) is 4.72. The Kier molecular flexibility index (Phi) is 4.72. The second-order valence-corrected chi connectivity index (χ2v) is 5.62. The Balaban J connectivity index is 1.67. The van der Waals surface area contributed by atoms with Crippen LogP contribution in [0.1, 0.15) is 15.9 Å². The second-order valence-electron chi connectivity index (χ2n) is 5.22. The van der Waals surface area contributed by atoms with Crippen molar-refractivity contribution in [3.63, 3.8) is 0 Å². The van der Waals surface area contributed by atoms with Crippen LogP contribution in [0.15, 0.2) is 61.1 Å². The lowest BCUT2D eigenvalue weighted by Gasteiger charge is -2.09. The highest BCUT2D eigenvalue weighted by atomic mass is 35.5. The fraction of sp³-hybridized carbons (Fsp3) is 0.0556. The van der Waals surface area contributed by atoms with Crippen LogP contribution in [0.25, 0.3) is 0 Å². The first-order valence-corrected chi connectivity index (χ1v) is 7.70. The third-order valence-corrected chi connectivity index (χ3v) is 3.80. The van der Waals surface area contributed by atoms with Gasteiger partial charge in [0.25, 0.3) is 5.91 Å². The van der Waals surface area contributed by atoms with Crippen LogP contribution in [-0.2, 0) is 0 Å². The highest BCUT2D eigenvalue weighted by molar-refractivity contribution is 6.31. The number of hydrogen-bond donors (Lipinski definition) is 2. The molecule has 0 spiro atoms. The molecule has 0 aliphatic carbocycles. The number of halogens is 1. The van der Waals surface area contributed by atoms with Gasteiger partial charge in [-0.2, -0.15) is 0 Å². The number of carbonyl (C=O) groups is 1. The molecule has 120 valence electrons. The molecule has 0 saturated heterocycles. The van der Waals surface area contributed by atoms with Gasteiger partial charge in [-0.15, -0.1) is 0 Å². The van der Waals surface area contributed by atoms with Crippen molar-refractivity contribution in [2.45, 2.75) is 6.92 Å². The van der Waals surface area contributed by atoms with Gasteiger partial charge < -0.3 is 10.6 Å². The molecule has 0 saturated carbocycles. The zero-order valence-corrected chi connectivity index (χ0v) is 13.7. The van der Waals surface area contributed by atoms with Crippen LogP contribution >= 0.6 is 11.6 Å². The van der Waals surface area contributed by atoms with E-state index in [9.17, 15) is 4.79 Å². The number of pyridine rings is 2. The van der Waals surface area contributed by atoms with E-state index < -0.39 is 0 Å². The Morgan fingerprint density at radius 2 is 1.92 bits per heavy atom. The largest absolute Gasteiger partial charge is 0.340 e. The summed E-state index contributed by atoms with van der Waals surface area (Å²) < 4.78 is 0. The van der Waals surface area contributed by atoms with Gasteiger partial charge >= 0.3 is 0 Å². The van der Waals surface area contributed by atoms with Crippen LogP contribution in [0.3, 0.4) is 0 Å². The quantitative estimate of drug-likeness (QED) is 0.738. The molecule has 3 rings (SSSR count). The smallest absolute Gasteiger partial charge is 0.257 e. The van der Waals surface area contributed by atoms with Crippen LogP contribution in [0.2, 0.25) is 5.02 Å². The van der Waals surface area contributed by atoms with Crippen LogP contribution in [0.5, 0.6) is 0 Å². The maximum atomic E-state index is 12.1. The number of aryl methyl sites for hydroxylation is 1. The van der Waals surface area contributed by atoms with Crippen molar-refractivity contribution in [2.24, 2.45) is 0 Å². The van der Waals surface area contributed by atoms with Gasteiger partial charge in [0.1, 0.15) is 5.82 Å². The molecule has 5 nitrogen and oxygen atoms in total. The maximum absolute atomic E-state index is 12.1. The summed E-state index contributed by atoms with van der Waals surface area (Å²) >= 11 is 6.11. The van der Waals surface area contributed by atoms with Gasteiger partial charge in [0.2, 0.25) is 0 Å². The molecule has 1 aromatic carbocycles. The van der Waals surface area contributed by atoms with Crippen LogP contribution < -0.4 is 10.6 Å². The first kappa shape index (κ1) is 16.0. The Morgan fingerprint density at radius 1 is 1.08 bits per heavy atom. The van der Waals surface area contributed by atoms with Crippen LogP contribution in [0.4, 0.5) is 17.2 Å². The van der Waals surface area contributed by atoms with Crippen molar-refractivity contribution in [3.05, 3.63) is 77.2 Å². The van der Waals surface area contributed by atoms with E-state index in [-0.39, 0.29) is 5.91 Å². The summed E-state index contributed by atoms with van der Waals surface area (Å²) in [5, 5.41) is 6.64. The third kappa shape index (κ3) is 3.88. The normalized spacial score (nSPS) is 10.2. The van der Waals surface area contributed by atoms with E-state index in [0.29, 0.717) is 22.1 Å². The third-order valence-electron chi connectivity index (χ3n) is 3.39. The highest BCUT2D eigenvalue weighted by Crippen LogP contribution is 2.22. The molecule has 6 heteroatoms. The van der Waals surface area contributed by atoms with Crippen molar-refractivity contribution >= 4 is 34.7 Å². The van der Waals surface area contributed by atoms with Gasteiger partial charge in [0.15, 0.2) is 0 Å². The molecule has 0 unspecified atom stereocenters. The summed E-state index contributed by atoms with van der Waals surface area (Å²) in [5.74, 6) is 0.435. The van der Waals surface area contributed by atoms with Crippen molar-refractivity contribution in [1.29, 1.82) is 0 Å². The molecule has 2 heterocycles. The predicted molar refractivity (Wildman–Crippen MR) is 95.9 cm³/mol. The maximum Gasteiger partial charge on any atom is 0.257 e. The molecule has 0 fully saturated rings. The Bertz CT molecular complexity index is 851. The lowest BCUT2D eigenvalue weighted by atomic mass is 10.2. The van der Waals surface area contributed by atoms with Gasteiger partial charge in [-0.25, -0.2) is 4.98 Å². The monoisotopic (exact) mass is 338 g/mol. The number of carbonyl (C=O) groups excluding carboxylic acids is 1. The number of rotatable bonds is 4. The minimum absolute atomic E-state index is 0.226. The van der Waals surface area contributed by atoms with E-state index in [2.05, 4.69) is 20.6 Å². The van der Waals surface area contributed by atoms with Gasteiger partial charge in [0.05, 0.1) is 17.4 Å². The average Bonchev–Trinajstić information content (AvgIpc) is 2.61. The summed E-state index contributed by atoms with van der Waals surface area (Å²) in [5.41, 5.74) is 2.97. The molecule has 2 N–H and O–H groups in total. The molecule has 0 radical (unpaired) electrons. The number of nitrogens with zero attached hydrogens (tertiary/aromatic N) is 2. The molecular formula is C18H15ClN4O. The van der Waals surface area contributed by atoms with E-state index in [4.69, 9.17) is 11.6 Å². The van der Waals surface area contributed by atoms with Crippen molar-refractivity contribution < 1.29 is 4.79 Å². The van der Waals surface area contributed by atoms with E-state index >= 15 is 0 Å². The van der Waals surface area contributed by atoms with Crippen molar-refractivity contribution in [2.75, 3.05) is 10.6 Å². The van der Waals surface area contributed by atoms with Gasteiger partial charge in [0, 0.05) is 23.1 Å². The molecule has 24 heavy (non-hydrogen) atoms. The van der Waals surface area contributed by atoms with Gasteiger partial charge in [-0.3, -0.25) is 9.78 Å². The van der Waals surface area contributed by atoms with Crippen LogP contribution in [0, 0.1) is 6.92 Å². The molecular weight excluding hydrogens is 324 g/mol. The standard InChI is InChI=1S/C18H15ClN4O/c1-12-4-5-14(9-16(12)19)22-17-7-6-15(11-21-17)23-18(24)13-3-2-8-20-10-13/h2-11H,1H3,(H,21,22)(H,23,24). The topological polar surface area (TPSA) is 66.9 Å². The number of amides is 1.